The van der Waals surface area contributed by atoms with Crippen LogP contribution in [0.25, 0.3) is 9.40 Å². The van der Waals surface area contributed by atoms with Crippen LogP contribution in [0.3, 0.4) is 0 Å². The van der Waals surface area contributed by atoms with Crippen LogP contribution in [0.1, 0.15) is 23.0 Å². The van der Waals surface area contributed by atoms with Crippen molar-refractivity contribution in [3.05, 3.63) is 4.88 Å². The second-order valence-corrected chi connectivity index (χ2v) is 6.34. The number of nitrogens with zero attached hydrogens (tertiary/aromatic N) is 1. The van der Waals surface area contributed by atoms with Gasteiger partial charge >= 0.3 is 0 Å². The maximum atomic E-state index is 11.1. The van der Waals surface area contributed by atoms with Crippen LogP contribution in [0, 0.1) is 0 Å². The molecule has 2 aromatic rings. The zero-order valence-corrected chi connectivity index (χ0v) is 11.1. The highest BCUT2D eigenvalue weighted by Gasteiger charge is 2.19. The predicted octanol–water partition coefficient (Wildman–Crippen LogP) is 2.54. The van der Waals surface area contributed by atoms with Crippen molar-refractivity contribution in [1.29, 1.82) is 0 Å². The van der Waals surface area contributed by atoms with Gasteiger partial charge in [-0.15, -0.1) is 23.1 Å². The van der Waals surface area contributed by atoms with Crippen LogP contribution in [0.4, 0.5) is 5.69 Å². The van der Waals surface area contributed by atoms with Crippen molar-refractivity contribution in [3.63, 3.8) is 0 Å². The molecule has 0 saturated heterocycles. The minimum Gasteiger partial charge on any atom is -0.397 e. The average Bonchev–Trinajstić information content (AvgIpc) is 2.77. The van der Waals surface area contributed by atoms with Gasteiger partial charge in [0, 0.05) is 0 Å². The largest absolute Gasteiger partial charge is 0.397 e. The molecule has 2 rings (SSSR count). The fourth-order valence-corrected chi connectivity index (χ4v) is 4.38. The lowest BCUT2D eigenvalue weighted by molar-refractivity contribution is 0.100. The number of hydrogen-bond acceptors (Lipinski definition) is 6. The lowest BCUT2D eigenvalue weighted by Crippen LogP contribution is -2.10. The molecule has 2 heterocycles. The quantitative estimate of drug-likeness (QED) is 0.839. The summed E-state index contributed by atoms with van der Waals surface area (Å²) in [6.07, 6.45) is 1.08. The van der Waals surface area contributed by atoms with Gasteiger partial charge in [-0.2, -0.15) is 4.37 Å². The first-order valence-electron chi connectivity index (χ1n) is 4.75. The molecule has 16 heavy (non-hydrogen) atoms. The highest BCUT2D eigenvalue weighted by Crippen LogP contribution is 2.41. The van der Waals surface area contributed by atoms with Gasteiger partial charge in [0.1, 0.15) is 13.9 Å². The molecule has 0 radical (unpaired) electrons. The van der Waals surface area contributed by atoms with Crippen molar-refractivity contribution in [3.8, 4) is 0 Å². The second kappa shape index (κ2) is 4.60. The number of rotatable bonds is 4. The van der Waals surface area contributed by atoms with Crippen molar-refractivity contribution in [1.82, 2.24) is 4.37 Å². The SMILES string of the molecule is CCCSc1nsc2sc(C(N)=O)c(N)c12. The number of carbonyl (C=O) groups excluding carboxylic acids is 1. The van der Waals surface area contributed by atoms with E-state index in [9.17, 15) is 4.79 Å². The number of amides is 1. The maximum absolute atomic E-state index is 11.1. The average molecular weight is 273 g/mol. The number of carbonyl (C=O) groups is 1. The van der Waals surface area contributed by atoms with Gasteiger partial charge in [0.15, 0.2) is 0 Å². The Morgan fingerprint density at radius 1 is 1.56 bits per heavy atom. The second-order valence-electron chi connectivity index (χ2n) is 3.21. The smallest absolute Gasteiger partial charge is 0.260 e. The zero-order valence-electron chi connectivity index (χ0n) is 8.65. The van der Waals surface area contributed by atoms with E-state index in [1.165, 1.54) is 22.9 Å². The highest BCUT2D eigenvalue weighted by atomic mass is 32.2. The van der Waals surface area contributed by atoms with Gasteiger partial charge in [-0.1, -0.05) is 6.92 Å². The summed E-state index contributed by atoms with van der Waals surface area (Å²) in [5.41, 5.74) is 11.7. The van der Waals surface area contributed by atoms with E-state index < -0.39 is 5.91 Å². The number of anilines is 1. The van der Waals surface area contributed by atoms with E-state index in [1.54, 1.807) is 11.8 Å². The number of aromatic nitrogens is 1. The third-order valence-electron chi connectivity index (χ3n) is 2.00. The molecule has 4 nitrogen and oxygen atoms in total. The first-order chi connectivity index (χ1) is 7.65. The van der Waals surface area contributed by atoms with Crippen LogP contribution in [0.2, 0.25) is 0 Å². The Hall–Kier alpha value is -0.790. The van der Waals surface area contributed by atoms with Gasteiger partial charge in [0.05, 0.1) is 11.1 Å². The third-order valence-corrected chi connectivity index (χ3v) is 5.43. The Morgan fingerprint density at radius 3 is 2.94 bits per heavy atom. The molecule has 4 N–H and O–H groups in total. The molecule has 86 valence electrons. The van der Waals surface area contributed by atoms with E-state index in [0.29, 0.717) is 10.6 Å². The number of nitrogens with two attached hydrogens (primary N) is 2. The summed E-state index contributed by atoms with van der Waals surface area (Å²) in [6, 6.07) is 0. The molecule has 0 fully saturated rings. The monoisotopic (exact) mass is 273 g/mol. The maximum Gasteiger partial charge on any atom is 0.260 e. The van der Waals surface area contributed by atoms with Crippen LogP contribution in [-0.2, 0) is 0 Å². The van der Waals surface area contributed by atoms with Crippen LogP contribution in [-0.4, -0.2) is 16.0 Å². The molecular formula is C9H11N3OS3. The number of nitrogen functional groups attached to an aromatic ring is 1. The number of fused-ring (bicyclic) bond motifs is 1. The number of thioether (sulfide) groups is 1. The lowest BCUT2D eigenvalue weighted by atomic mass is 10.3. The van der Waals surface area contributed by atoms with E-state index in [-0.39, 0.29) is 0 Å². The van der Waals surface area contributed by atoms with Crippen LogP contribution < -0.4 is 11.5 Å². The molecule has 0 unspecified atom stereocenters. The minimum atomic E-state index is -0.461. The molecule has 1 amide bonds. The van der Waals surface area contributed by atoms with Gasteiger partial charge < -0.3 is 11.5 Å². The van der Waals surface area contributed by atoms with Crippen molar-refractivity contribution in [2.75, 3.05) is 11.5 Å². The zero-order chi connectivity index (χ0) is 11.7. The molecule has 0 aromatic carbocycles. The summed E-state index contributed by atoms with van der Waals surface area (Å²) in [4.78, 5) is 11.6. The van der Waals surface area contributed by atoms with Crippen molar-refractivity contribution in [2.45, 2.75) is 18.4 Å². The van der Waals surface area contributed by atoms with E-state index >= 15 is 0 Å². The molecule has 0 bridgehead atoms. The molecule has 0 spiro atoms. The number of primary amides is 1. The van der Waals surface area contributed by atoms with E-state index in [0.717, 1.165) is 26.6 Å². The van der Waals surface area contributed by atoms with Crippen molar-refractivity contribution in [2.24, 2.45) is 5.73 Å². The summed E-state index contributed by atoms with van der Waals surface area (Å²) < 4.78 is 5.31. The molecule has 0 aliphatic heterocycles. The molecule has 0 aliphatic rings. The first kappa shape index (κ1) is 11.7. The van der Waals surface area contributed by atoms with Gasteiger partial charge in [-0.25, -0.2) is 0 Å². The number of hydrogen-bond donors (Lipinski definition) is 2. The van der Waals surface area contributed by atoms with Crippen LogP contribution in [0.5, 0.6) is 0 Å². The van der Waals surface area contributed by atoms with E-state index in [4.69, 9.17) is 11.5 Å². The van der Waals surface area contributed by atoms with Gasteiger partial charge in [-0.05, 0) is 23.7 Å². The fraction of sp³-hybridized carbons (Fsp3) is 0.333. The molecule has 0 saturated carbocycles. The first-order valence-corrected chi connectivity index (χ1v) is 7.33. The predicted molar refractivity (Wildman–Crippen MR) is 71.4 cm³/mol. The molecule has 0 atom stereocenters. The summed E-state index contributed by atoms with van der Waals surface area (Å²) in [6.45, 7) is 2.11. The van der Waals surface area contributed by atoms with Gasteiger partial charge in [0.25, 0.3) is 5.91 Å². The van der Waals surface area contributed by atoms with Gasteiger partial charge in [-0.3, -0.25) is 4.79 Å². The Labute approximate surface area is 105 Å². The minimum absolute atomic E-state index is 0.446. The Balaban J connectivity index is 2.49. The molecule has 7 heteroatoms. The summed E-state index contributed by atoms with van der Waals surface area (Å²) in [5, 5.41) is 1.82. The highest BCUT2D eigenvalue weighted by molar-refractivity contribution is 7.99. The molecule has 2 aromatic heterocycles. The molecular weight excluding hydrogens is 262 g/mol. The topological polar surface area (TPSA) is 82.0 Å². The van der Waals surface area contributed by atoms with E-state index in [1.807, 2.05) is 0 Å². The van der Waals surface area contributed by atoms with E-state index in [2.05, 4.69) is 11.3 Å². The van der Waals surface area contributed by atoms with Crippen LogP contribution in [0.15, 0.2) is 5.03 Å². The third kappa shape index (κ3) is 1.90. The Kier molecular flexibility index (Phi) is 3.36. The Morgan fingerprint density at radius 2 is 2.31 bits per heavy atom. The summed E-state index contributed by atoms with van der Waals surface area (Å²) in [5.74, 6) is 0.539. The summed E-state index contributed by atoms with van der Waals surface area (Å²) >= 11 is 4.38. The van der Waals surface area contributed by atoms with Crippen molar-refractivity contribution >= 4 is 55.6 Å². The van der Waals surface area contributed by atoms with Crippen molar-refractivity contribution < 1.29 is 4.79 Å². The number of thiophene rings is 1. The summed E-state index contributed by atoms with van der Waals surface area (Å²) in [7, 11) is 0. The normalized spacial score (nSPS) is 11.1. The molecule has 0 aliphatic carbocycles. The lowest BCUT2D eigenvalue weighted by Gasteiger charge is -1.96. The van der Waals surface area contributed by atoms with Gasteiger partial charge in [0.2, 0.25) is 0 Å². The standard InChI is InChI=1S/C9H11N3OS3/c1-2-3-14-8-4-5(10)6(7(11)13)15-9(4)16-12-8/h2-3,10H2,1H3,(H2,11,13). The van der Waals surface area contributed by atoms with Crippen LogP contribution >= 0.6 is 34.6 Å². The Bertz CT molecular complexity index is 531. The fourth-order valence-electron chi connectivity index (χ4n) is 1.30.